The zero-order valence-electron chi connectivity index (χ0n) is 15.1. The average molecular weight is 429 g/mol. The first-order chi connectivity index (χ1) is 12.7. The first-order valence-corrected chi connectivity index (χ1v) is 11.0. The number of nitrogens with one attached hydrogen (secondary N) is 1. The number of fused-ring (bicyclic) bond motifs is 1. The lowest BCUT2D eigenvalue weighted by atomic mass is 10.3. The summed E-state index contributed by atoms with van der Waals surface area (Å²) < 4.78 is 28.1. The molecule has 0 bridgehead atoms. The van der Waals surface area contributed by atoms with E-state index in [0.29, 0.717) is 30.4 Å². The summed E-state index contributed by atoms with van der Waals surface area (Å²) in [6.07, 6.45) is 0.447. The molecule has 0 spiro atoms. The molecule has 1 saturated heterocycles. The Morgan fingerprint density at radius 1 is 1.30 bits per heavy atom. The van der Waals surface area contributed by atoms with Gasteiger partial charge in [0.15, 0.2) is 0 Å². The molecule has 146 valence electrons. The highest BCUT2D eigenvalue weighted by atomic mass is 35.5. The van der Waals surface area contributed by atoms with Crippen molar-refractivity contribution in [3.8, 4) is 0 Å². The van der Waals surface area contributed by atoms with Crippen molar-refractivity contribution in [2.24, 2.45) is 0 Å². The number of hydrogen-bond acceptors (Lipinski definition) is 5. The van der Waals surface area contributed by atoms with Gasteiger partial charge in [-0.05, 0) is 23.6 Å². The van der Waals surface area contributed by atoms with E-state index < -0.39 is 10.0 Å². The van der Waals surface area contributed by atoms with Crippen molar-refractivity contribution in [1.29, 1.82) is 5.41 Å². The summed E-state index contributed by atoms with van der Waals surface area (Å²) in [5.41, 5.74) is 0. The number of nitrogens with zero attached hydrogens (tertiary/aromatic N) is 3. The Labute approximate surface area is 167 Å². The van der Waals surface area contributed by atoms with E-state index in [2.05, 4.69) is 0 Å². The molecule has 0 aliphatic carbocycles. The lowest BCUT2D eigenvalue weighted by Crippen LogP contribution is -2.52. The molecule has 10 heteroatoms. The summed E-state index contributed by atoms with van der Waals surface area (Å²) in [7, 11) is -0.158. The van der Waals surface area contributed by atoms with Crippen molar-refractivity contribution in [2.75, 3.05) is 40.3 Å². The molecule has 1 aromatic carbocycles. The number of amidine groups is 1. The molecule has 27 heavy (non-hydrogen) atoms. The van der Waals surface area contributed by atoms with Gasteiger partial charge in [-0.1, -0.05) is 17.7 Å². The number of thiophene rings is 1. The SMILES string of the molecule is CN(C)C(=N)CCN1CCN(S(=O)(=O)c2cc3ccc(Cl)cc3s2)CC1=O. The summed E-state index contributed by atoms with van der Waals surface area (Å²) in [5.74, 6) is 0.197. The molecule has 3 rings (SSSR count). The third-order valence-electron chi connectivity index (χ3n) is 4.50. The van der Waals surface area contributed by atoms with Crippen LogP contribution in [0, 0.1) is 5.41 Å². The molecule has 0 unspecified atom stereocenters. The standard InChI is InChI=1S/C17H21ClN4O3S2/c1-20(2)15(19)5-6-21-7-8-22(11-16(21)23)27(24,25)17-9-12-3-4-13(18)10-14(12)26-17/h3-4,9-10,19H,5-8,11H2,1-2H3. The second-order valence-electron chi connectivity index (χ2n) is 6.56. The van der Waals surface area contributed by atoms with E-state index in [-0.39, 0.29) is 23.2 Å². The third kappa shape index (κ3) is 4.26. The van der Waals surface area contributed by atoms with Gasteiger partial charge < -0.3 is 9.80 Å². The van der Waals surface area contributed by atoms with E-state index >= 15 is 0 Å². The van der Waals surface area contributed by atoms with Crippen LogP contribution in [0.2, 0.25) is 5.02 Å². The number of sulfonamides is 1. The molecule has 0 saturated carbocycles. The zero-order chi connectivity index (χ0) is 19.8. The van der Waals surface area contributed by atoms with Crippen LogP contribution < -0.4 is 0 Å². The Kier molecular flexibility index (Phi) is 5.76. The normalized spacial score (nSPS) is 16.1. The second kappa shape index (κ2) is 7.75. The quantitative estimate of drug-likeness (QED) is 0.585. The fourth-order valence-corrected chi connectivity index (χ4v) is 6.04. The Morgan fingerprint density at radius 3 is 2.70 bits per heavy atom. The lowest BCUT2D eigenvalue weighted by molar-refractivity contribution is -0.133. The van der Waals surface area contributed by atoms with Crippen LogP contribution in [-0.4, -0.2) is 74.5 Å². The van der Waals surface area contributed by atoms with Gasteiger partial charge in [-0.3, -0.25) is 10.2 Å². The molecule has 0 atom stereocenters. The predicted molar refractivity (Wildman–Crippen MR) is 108 cm³/mol. The number of carbonyl (C=O) groups is 1. The highest BCUT2D eigenvalue weighted by Gasteiger charge is 2.33. The molecule has 1 amide bonds. The van der Waals surface area contributed by atoms with E-state index in [1.165, 1.54) is 4.31 Å². The second-order valence-corrected chi connectivity index (χ2v) is 10.2. The molecule has 1 fully saturated rings. The third-order valence-corrected chi connectivity index (χ3v) is 8.12. The molecule has 1 N–H and O–H groups in total. The van der Waals surface area contributed by atoms with Gasteiger partial charge in [0.1, 0.15) is 4.21 Å². The van der Waals surface area contributed by atoms with Gasteiger partial charge in [-0.2, -0.15) is 4.31 Å². The van der Waals surface area contributed by atoms with Crippen LogP contribution in [0.4, 0.5) is 0 Å². The van der Waals surface area contributed by atoms with Gasteiger partial charge in [0, 0.05) is 49.9 Å². The molecular weight excluding hydrogens is 408 g/mol. The summed E-state index contributed by atoms with van der Waals surface area (Å²) in [6.45, 7) is 0.825. The van der Waals surface area contributed by atoms with Crippen molar-refractivity contribution in [3.63, 3.8) is 0 Å². The topological polar surface area (TPSA) is 84.8 Å². The van der Waals surface area contributed by atoms with E-state index in [1.54, 1.807) is 48.2 Å². The fraction of sp³-hybridized carbons (Fsp3) is 0.412. The van der Waals surface area contributed by atoms with Gasteiger partial charge >= 0.3 is 0 Å². The van der Waals surface area contributed by atoms with Gasteiger partial charge in [-0.25, -0.2) is 8.42 Å². The van der Waals surface area contributed by atoms with E-state index in [0.717, 1.165) is 21.4 Å². The van der Waals surface area contributed by atoms with Crippen LogP contribution in [-0.2, 0) is 14.8 Å². The van der Waals surface area contributed by atoms with Crippen LogP contribution in [0.1, 0.15) is 6.42 Å². The Balaban J connectivity index is 1.71. The van der Waals surface area contributed by atoms with Crippen LogP contribution in [0.3, 0.4) is 0 Å². The molecule has 7 nitrogen and oxygen atoms in total. The number of halogens is 1. The number of amides is 1. The first-order valence-electron chi connectivity index (χ1n) is 8.40. The summed E-state index contributed by atoms with van der Waals surface area (Å²) in [4.78, 5) is 15.7. The van der Waals surface area contributed by atoms with E-state index in [1.807, 2.05) is 0 Å². The smallest absolute Gasteiger partial charge is 0.253 e. The molecule has 0 radical (unpaired) electrons. The molecular formula is C17H21ClN4O3S2. The summed E-state index contributed by atoms with van der Waals surface area (Å²) in [5, 5.41) is 9.19. The van der Waals surface area contributed by atoms with E-state index in [9.17, 15) is 13.2 Å². The number of hydrogen-bond donors (Lipinski definition) is 1. The van der Waals surface area contributed by atoms with Crippen LogP contribution in [0.25, 0.3) is 10.1 Å². The molecule has 2 heterocycles. The predicted octanol–water partition coefficient (Wildman–Crippen LogP) is 2.32. The Hall–Kier alpha value is -1.68. The summed E-state index contributed by atoms with van der Waals surface area (Å²) >= 11 is 7.13. The van der Waals surface area contributed by atoms with Crippen molar-refractivity contribution >= 4 is 54.8 Å². The number of carbonyl (C=O) groups excluding carboxylic acids is 1. The molecule has 1 aromatic heterocycles. The Morgan fingerprint density at radius 2 is 2.04 bits per heavy atom. The Bertz CT molecular complexity index is 987. The average Bonchev–Trinajstić information content (AvgIpc) is 3.04. The van der Waals surface area contributed by atoms with Gasteiger partial charge in [0.05, 0.1) is 12.4 Å². The maximum absolute atomic E-state index is 12.9. The number of piperazine rings is 1. The van der Waals surface area contributed by atoms with Gasteiger partial charge in [0.25, 0.3) is 10.0 Å². The maximum atomic E-state index is 12.9. The molecule has 2 aromatic rings. The van der Waals surface area contributed by atoms with Crippen molar-refractivity contribution in [1.82, 2.24) is 14.1 Å². The first kappa shape index (κ1) is 20.1. The summed E-state index contributed by atoms with van der Waals surface area (Å²) in [6, 6.07) is 6.88. The highest BCUT2D eigenvalue weighted by molar-refractivity contribution is 7.91. The van der Waals surface area contributed by atoms with Crippen molar-refractivity contribution in [3.05, 3.63) is 29.3 Å². The van der Waals surface area contributed by atoms with Crippen LogP contribution in [0.5, 0.6) is 0 Å². The van der Waals surface area contributed by atoms with Crippen LogP contribution >= 0.6 is 22.9 Å². The van der Waals surface area contributed by atoms with Gasteiger partial charge in [0.2, 0.25) is 5.91 Å². The minimum Gasteiger partial charge on any atom is -0.367 e. The largest absolute Gasteiger partial charge is 0.367 e. The lowest BCUT2D eigenvalue weighted by Gasteiger charge is -2.33. The minimum absolute atomic E-state index is 0.174. The number of rotatable bonds is 5. The fourth-order valence-electron chi connectivity index (χ4n) is 2.83. The molecule has 1 aliphatic heterocycles. The number of benzene rings is 1. The van der Waals surface area contributed by atoms with Crippen molar-refractivity contribution in [2.45, 2.75) is 10.6 Å². The van der Waals surface area contributed by atoms with Gasteiger partial charge in [-0.15, -0.1) is 11.3 Å². The maximum Gasteiger partial charge on any atom is 0.253 e. The monoisotopic (exact) mass is 428 g/mol. The molecule has 1 aliphatic rings. The van der Waals surface area contributed by atoms with Crippen molar-refractivity contribution < 1.29 is 13.2 Å². The minimum atomic E-state index is -3.73. The zero-order valence-corrected chi connectivity index (χ0v) is 17.5. The highest BCUT2D eigenvalue weighted by Crippen LogP contribution is 2.33. The van der Waals surface area contributed by atoms with E-state index in [4.69, 9.17) is 17.0 Å². The van der Waals surface area contributed by atoms with Crippen LogP contribution in [0.15, 0.2) is 28.5 Å².